The number of rotatable bonds is 8. The Bertz CT molecular complexity index is 805. The highest BCUT2D eigenvalue weighted by Crippen LogP contribution is 2.25. The number of benzene rings is 2. The quantitative estimate of drug-likeness (QED) is 0.545. The summed E-state index contributed by atoms with van der Waals surface area (Å²) in [5.74, 6) is -0.0469. The number of amides is 1. The molecule has 0 radical (unpaired) electrons. The Kier molecular flexibility index (Phi) is 7.05. The molecule has 2 rings (SSSR count). The number of hydrogen-bond donors (Lipinski definition) is 2. The Morgan fingerprint density at radius 3 is 2.52 bits per heavy atom. The van der Waals surface area contributed by atoms with Crippen molar-refractivity contribution in [2.45, 2.75) is 26.9 Å². The predicted octanol–water partition coefficient (Wildman–Crippen LogP) is 3.25. The molecule has 0 saturated carbocycles. The molecule has 27 heavy (non-hydrogen) atoms. The van der Waals surface area contributed by atoms with Gasteiger partial charge in [-0.3, -0.25) is 4.79 Å². The summed E-state index contributed by atoms with van der Waals surface area (Å²) in [6, 6.07) is 11.7. The maximum atomic E-state index is 12.2. The fourth-order valence-electron chi connectivity index (χ4n) is 2.25. The van der Waals surface area contributed by atoms with Crippen LogP contribution in [-0.2, 0) is 9.53 Å². The molecule has 0 atom stereocenters. The van der Waals surface area contributed by atoms with Crippen molar-refractivity contribution in [3.05, 3.63) is 48.0 Å². The largest absolute Gasteiger partial charge is 0.492 e. The molecule has 7 nitrogen and oxygen atoms in total. The Hall–Kier alpha value is -3.22. The second-order valence-electron chi connectivity index (χ2n) is 5.97. The van der Waals surface area contributed by atoms with Crippen molar-refractivity contribution in [3.8, 4) is 11.5 Å². The normalized spacial score (nSPS) is 10.4. The van der Waals surface area contributed by atoms with Crippen LogP contribution in [0.5, 0.6) is 11.5 Å². The van der Waals surface area contributed by atoms with E-state index in [2.05, 4.69) is 5.32 Å². The second-order valence-corrected chi connectivity index (χ2v) is 5.97. The number of nitrogens with one attached hydrogen (secondary N) is 1. The number of anilines is 2. The van der Waals surface area contributed by atoms with Crippen LogP contribution >= 0.6 is 0 Å². The zero-order valence-electron chi connectivity index (χ0n) is 15.7. The molecular formula is C20H24N2O5. The van der Waals surface area contributed by atoms with Gasteiger partial charge in [0.1, 0.15) is 11.5 Å². The lowest BCUT2D eigenvalue weighted by Gasteiger charge is -2.13. The Morgan fingerprint density at radius 2 is 1.81 bits per heavy atom. The molecule has 0 aliphatic rings. The lowest BCUT2D eigenvalue weighted by molar-refractivity contribution is -0.118. The third-order valence-electron chi connectivity index (χ3n) is 3.41. The molecule has 3 N–H and O–H groups in total. The van der Waals surface area contributed by atoms with Crippen molar-refractivity contribution in [1.82, 2.24) is 0 Å². The third kappa shape index (κ3) is 5.91. The van der Waals surface area contributed by atoms with E-state index in [0.717, 1.165) is 0 Å². The summed E-state index contributed by atoms with van der Waals surface area (Å²) in [5.41, 5.74) is 7.03. The number of nitrogens with two attached hydrogens (primary N) is 1. The topological polar surface area (TPSA) is 99.9 Å². The molecule has 0 spiro atoms. The first-order chi connectivity index (χ1) is 12.9. The van der Waals surface area contributed by atoms with Gasteiger partial charge >= 0.3 is 5.97 Å². The summed E-state index contributed by atoms with van der Waals surface area (Å²) in [6.07, 6.45) is -0.240. The highest BCUT2D eigenvalue weighted by Gasteiger charge is 2.14. The summed E-state index contributed by atoms with van der Waals surface area (Å²) < 4.78 is 16.1. The highest BCUT2D eigenvalue weighted by atomic mass is 16.5. The predicted molar refractivity (Wildman–Crippen MR) is 103 cm³/mol. The zero-order valence-corrected chi connectivity index (χ0v) is 15.7. The van der Waals surface area contributed by atoms with Gasteiger partial charge in [0.25, 0.3) is 5.91 Å². The molecular weight excluding hydrogens is 348 g/mol. The molecule has 0 fully saturated rings. The standard InChI is InChI=1S/C20H24N2O5/c1-4-25-17-8-6-5-7-16(17)22-19(23)12-26-18-11-14(9-10-15(18)21)20(24)27-13(2)3/h5-11,13H,4,12,21H2,1-3H3,(H,22,23). The molecule has 144 valence electrons. The SMILES string of the molecule is CCOc1ccccc1NC(=O)COc1cc(C(=O)OC(C)C)ccc1N. The summed E-state index contributed by atoms with van der Waals surface area (Å²) >= 11 is 0. The average Bonchev–Trinajstić information content (AvgIpc) is 2.62. The maximum absolute atomic E-state index is 12.2. The lowest BCUT2D eigenvalue weighted by atomic mass is 10.2. The molecule has 0 aliphatic heterocycles. The number of ether oxygens (including phenoxy) is 3. The number of carbonyl (C=O) groups excluding carboxylic acids is 2. The van der Waals surface area contributed by atoms with Crippen molar-refractivity contribution in [2.24, 2.45) is 0 Å². The molecule has 0 unspecified atom stereocenters. The van der Waals surface area contributed by atoms with E-state index < -0.39 is 5.97 Å². The highest BCUT2D eigenvalue weighted by molar-refractivity contribution is 5.94. The van der Waals surface area contributed by atoms with Crippen LogP contribution in [0.2, 0.25) is 0 Å². The number of hydrogen-bond acceptors (Lipinski definition) is 6. The van der Waals surface area contributed by atoms with Crippen LogP contribution in [0.4, 0.5) is 11.4 Å². The maximum Gasteiger partial charge on any atom is 0.338 e. The summed E-state index contributed by atoms with van der Waals surface area (Å²) in [5, 5.41) is 2.73. The van der Waals surface area contributed by atoms with Crippen LogP contribution in [0, 0.1) is 0 Å². The van der Waals surface area contributed by atoms with Crippen LogP contribution in [0.15, 0.2) is 42.5 Å². The van der Waals surface area contributed by atoms with Gasteiger partial charge in [-0.2, -0.15) is 0 Å². The van der Waals surface area contributed by atoms with Crippen LogP contribution in [0.1, 0.15) is 31.1 Å². The molecule has 0 aromatic heterocycles. The number of esters is 1. The van der Waals surface area contributed by atoms with Crippen LogP contribution < -0.4 is 20.5 Å². The number of nitrogen functional groups attached to an aromatic ring is 1. The minimum atomic E-state index is -0.482. The van der Waals surface area contributed by atoms with E-state index >= 15 is 0 Å². The van der Waals surface area contributed by atoms with Crippen molar-refractivity contribution in [1.29, 1.82) is 0 Å². The summed E-state index contributed by atoms with van der Waals surface area (Å²) in [6.45, 7) is 5.60. The van der Waals surface area contributed by atoms with Gasteiger partial charge in [-0.25, -0.2) is 4.79 Å². The van der Waals surface area contributed by atoms with Gasteiger partial charge in [0.15, 0.2) is 6.61 Å². The molecule has 2 aromatic rings. The molecule has 2 aromatic carbocycles. The van der Waals surface area contributed by atoms with Crippen molar-refractivity contribution in [3.63, 3.8) is 0 Å². The zero-order chi connectivity index (χ0) is 19.8. The van der Waals surface area contributed by atoms with E-state index in [0.29, 0.717) is 29.3 Å². The van der Waals surface area contributed by atoms with Gasteiger partial charge in [0.05, 0.1) is 29.6 Å². The van der Waals surface area contributed by atoms with Crippen LogP contribution in [0.3, 0.4) is 0 Å². The smallest absolute Gasteiger partial charge is 0.338 e. The molecule has 7 heteroatoms. The van der Waals surface area contributed by atoms with E-state index in [1.807, 2.05) is 13.0 Å². The minimum absolute atomic E-state index is 0.237. The summed E-state index contributed by atoms with van der Waals surface area (Å²) in [7, 11) is 0. The van der Waals surface area contributed by atoms with E-state index in [1.54, 1.807) is 38.1 Å². The van der Waals surface area contributed by atoms with Gasteiger partial charge in [0, 0.05) is 0 Å². The fourth-order valence-corrected chi connectivity index (χ4v) is 2.25. The van der Waals surface area contributed by atoms with Gasteiger partial charge in [-0.05, 0) is 51.1 Å². The lowest BCUT2D eigenvalue weighted by Crippen LogP contribution is -2.21. The van der Waals surface area contributed by atoms with Gasteiger partial charge < -0.3 is 25.3 Å². The van der Waals surface area contributed by atoms with Crippen molar-refractivity contribution >= 4 is 23.3 Å². The van der Waals surface area contributed by atoms with Gasteiger partial charge in [-0.15, -0.1) is 0 Å². The van der Waals surface area contributed by atoms with Crippen LogP contribution in [-0.4, -0.2) is 31.2 Å². The van der Waals surface area contributed by atoms with E-state index in [-0.39, 0.29) is 24.4 Å². The second kappa shape index (κ2) is 9.47. The first kappa shape index (κ1) is 20.1. The molecule has 0 aliphatic carbocycles. The van der Waals surface area contributed by atoms with Gasteiger partial charge in [-0.1, -0.05) is 12.1 Å². The molecule has 0 bridgehead atoms. The fraction of sp³-hybridized carbons (Fsp3) is 0.300. The van der Waals surface area contributed by atoms with E-state index in [9.17, 15) is 9.59 Å². The Labute approximate surface area is 158 Å². The van der Waals surface area contributed by atoms with Crippen molar-refractivity contribution in [2.75, 3.05) is 24.3 Å². The Morgan fingerprint density at radius 1 is 1.07 bits per heavy atom. The number of carbonyl (C=O) groups is 2. The monoisotopic (exact) mass is 372 g/mol. The minimum Gasteiger partial charge on any atom is -0.492 e. The first-order valence-electron chi connectivity index (χ1n) is 8.65. The first-order valence-corrected chi connectivity index (χ1v) is 8.65. The third-order valence-corrected chi connectivity index (χ3v) is 3.41. The average molecular weight is 372 g/mol. The summed E-state index contributed by atoms with van der Waals surface area (Å²) in [4.78, 5) is 24.2. The molecule has 1 amide bonds. The van der Waals surface area contributed by atoms with Crippen molar-refractivity contribution < 1.29 is 23.8 Å². The molecule has 0 heterocycles. The van der Waals surface area contributed by atoms with E-state index in [4.69, 9.17) is 19.9 Å². The van der Waals surface area contributed by atoms with Crippen LogP contribution in [0.25, 0.3) is 0 Å². The number of para-hydroxylation sites is 2. The van der Waals surface area contributed by atoms with Gasteiger partial charge in [0.2, 0.25) is 0 Å². The molecule has 0 saturated heterocycles. The van der Waals surface area contributed by atoms with E-state index in [1.165, 1.54) is 12.1 Å². The Balaban J connectivity index is 2.01.